The molecule has 0 unspecified atom stereocenters. The molecule has 2 N–H and O–H groups in total. The summed E-state index contributed by atoms with van der Waals surface area (Å²) in [5.41, 5.74) is 4.06. The van der Waals surface area contributed by atoms with Gasteiger partial charge in [-0.1, -0.05) is 11.6 Å². The second-order valence-corrected chi connectivity index (χ2v) is 4.30. The molecule has 0 atom stereocenters. The fourth-order valence-electron chi connectivity index (χ4n) is 1.45. The highest BCUT2D eigenvalue weighted by Gasteiger charge is 2.15. The van der Waals surface area contributed by atoms with Gasteiger partial charge in [-0.15, -0.1) is 0 Å². The number of hydrogen-bond donors (Lipinski definition) is 2. The van der Waals surface area contributed by atoms with E-state index in [-0.39, 0.29) is 16.1 Å². The molecule has 2 amide bonds. The Labute approximate surface area is 122 Å². The maximum absolute atomic E-state index is 13.1. The Hall–Kier alpha value is -2.54. The first kappa shape index (κ1) is 14.9. The van der Waals surface area contributed by atoms with Crippen molar-refractivity contribution in [2.75, 3.05) is 0 Å². The van der Waals surface area contributed by atoms with Crippen LogP contribution in [0.5, 0.6) is 0 Å². The maximum Gasteiger partial charge on any atom is 0.271 e. The molecule has 1 aromatic carbocycles. The van der Waals surface area contributed by atoms with Gasteiger partial charge in [0.1, 0.15) is 0 Å². The van der Waals surface area contributed by atoms with Crippen LogP contribution in [-0.2, 0) is 0 Å². The third-order valence-corrected chi connectivity index (χ3v) is 2.78. The molecule has 0 spiro atoms. The fraction of sp³-hybridized carbons (Fsp3) is 0. The molecular weight excluding hydrogens is 304 g/mol. The van der Waals surface area contributed by atoms with E-state index in [1.807, 2.05) is 5.43 Å². The number of rotatable bonds is 2. The molecule has 0 saturated heterocycles. The van der Waals surface area contributed by atoms with Crippen molar-refractivity contribution in [3.8, 4) is 0 Å². The van der Waals surface area contributed by atoms with Gasteiger partial charge in [-0.05, 0) is 24.3 Å². The number of hydrogen-bond acceptors (Lipinski definition) is 3. The first-order chi connectivity index (χ1) is 9.99. The number of halogens is 3. The van der Waals surface area contributed by atoms with E-state index in [4.69, 9.17) is 11.6 Å². The van der Waals surface area contributed by atoms with Crippen molar-refractivity contribution in [2.24, 2.45) is 0 Å². The van der Waals surface area contributed by atoms with Crippen molar-refractivity contribution in [2.45, 2.75) is 0 Å². The van der Waals surface area contributed by atoms with Gasteiger partial charge < -0.3 is 0 Å². The van der Waals surface area contributed by atoms with Crippen molar-refractivity contribution in [3.63, 3.8) is 0 Å². The zero-order chi connectivity index (χ0) is 15.4. The molecular formula is C13H8ClF2N3O2. The molecule has 1 aromatic heterocycles. The van der Waals surface area contributed by atoms with Crippen LogP contribution < -0.4 is 10.9 Å². The van der Waals surface area contributed by atoms with Crippen LogP contribution in [0.2, 0.25) is 5.02 Å². The number of pyridine rings is 1. The Morgan fingerprint density at radius 3 is 2.43 bits per heavy atom. The number of amides is 2. The molecule has 2 aromatic rings. The smallest absolute Gasteiger partial charge is 0.267 e. The molecule has 0 fully saturated rings. The van der Waals surface area contributed by atoms with Gasteiger partial charge in [-0.2, -0.15) is 0 Å². The third-order valence-electron chi connectivity index (χ3n) is 2.47. The Bertz CT molecular complexity index is 695. The summed E-state index contributed by atoms with van der Waals surface area (Å²) in [4.78, 5) is 27.1. The van der Waals surface area contributed by atoms with Crippen LogP contribution in [0.15, 0.2) is 36.7 Å². The average Bonchev–Trinajstić information content (AvgIpc) is 2.49. The molecule has 0 saturated carbocycles. The van der Waals surface area contributed by atoms with Crippen LogP contribution in [0.25, 0.3) is 0 Å². The summed E-state index contributed by atoms with van der Waals surface area (Å²) in [5, 5.41) is -0.276. The first-order valence-corrected chi connectivity index (χ1v) is 6.02. The highest BCUT2D eigenvalue weighted by atomic mass is 35.5. The molecule has 0 aliphatic heterocycles. The minimum Gasteiger partial charge on any atom is -0.267 e. The van der Waals surface area contributed by atoms with Gasteiger partial charge in [-0.25, -0.2) is 8.78 Å². The lowest BCUT2D eigenvalue weighted by atomic mass is 10.2. The van der Waals surface area contributed by atoms with Crippen molar-refractivity contribution < 1.29 is 18.4 Å². The van der Waals surface area contributed by atoms with Crippen LogP contribution in [-0.4, -0.2) is 16.8 Å². The first-order valence-electron chi connectivity index (χ1n) is 5.64. The van der Waals surface area contributed by atoms with E-state index in [0.29, 0.717) is 12.1 Å². The summed E-state index contributed by atoms with van der Waals surface area (Å²) in [7, 11) is 0. The number of carbonyl (C=O) groups is 2. The van der Waals surface area contributed by atoms with E-state index in [2.05, 4.69) is 10.4 Å². The van der Waals surface area contributed by atoms with Crippen LogP contribution >= 0.6 is 11.6 Å². The van der Waals surface area contributed by atoms with E-state index in [0.717, 1.165) is 0 Å². The Morgan fingerprint density at radius 1 is 1.10 bits per heavy atom. The molecule has 0 aliphatic rings. The van der Waals surface area contributed by atoms with Crippen LogP contribution in [0.4, 0.5) is 8.78 Å². The Kier molecular flexibility index (Phi) is 4.44. The van der Waals surface area contributed by atoms with Gasteiger partial charge in [0, 0.05) is 12.4 Å². The predicted molar refractivity (Wildman–Crippen MR) is 70.5 cm³/mol. The zero-order valence-electron chi connectivity index (χ0n) is 10.4. The summed E-state index contributed by atoms with van der Waals surface area (Å²) in [6.07, 6.45) is 2.78. The molecule has 1 heterocycles. The number of nitrogens with zero attached hydrogens (tertiary/aromatic N) is 1. The Balaban J connectivity index is 2.06. The Morgan fingerprint density at radius 2 is 1.76 bits per heavy atom. The summed E-state index contributed by atoms with van der Waals surface area (Å²) < 4.78 is 26.0. The molecule has 2 rings (SSSR count). The number of nitrogens with one attached hydrogen (secondary N) is 2. The van der Waals surface area contributed by atoms with Gasteiger partial charge in [0.05, 0.1) is 16.1 Å². The molecule has 0 bridgehead atoms. The quantitative estimate of drug-likeness (QED) is 0.659. The SMILES string of the molecule is O=C(NNC(=O)c1cc(F)c(F)cc1Cl)c1cccnc1. The molecule has 0 aliphatic carbocycles. The molecule has 108 valence electrons. The van der Waals surface area contributed by atoms with Crippen molar-refractivity contribution >= 4 is 23.4 Å². The third kappa shape index (κ3) is 3.51. The van der Waals surface area contributed by atoms with E-state index in [1.165, 1.54) is 18.5 Å². The minimum atomic E-state index is -1.22. The number of benzene rings is 1. The maximum atomic E-state index is 13.1. The predicted octanol–water partition coefficient (Wildman–Crippen LogP) is 2.09. The minimum absolute atomic E-state index is 0.217. The lowest BCUT2D eigenvalue weighted by Gasteiger charge is -2.08. The average molecular weight is 312 g/mol. The molecule has 8 heteroatoms. The molecule has 0 radical (unpaired) electrons. The van der Waals surface area contributed by atoms with Crippen LogP contribution in [0.3, 0.4) is 0 Å². The van der Waals surface area contributed by atoms with Crippen molar-refractivity contribution in [3.05, 3.63) is 64.4 Å². The summed E-state index contributed by atoms with van der Waals surface area (Å²) >= 11 is 5.64. The van der Waals surface area contributed by atoms with E-state index < -0.39 is 23.4 Å². The van der Waals surface area contributed by atoms with E-state index >= 15 is 0 Å². The highest BCUT2D eigenvalue weighted by molar-refractivity contribution is 6.33. The van der Waals surface area contributed by atoms with Gasteiger partial charge in [0.2, 0.25) is 0 Å². The zero-order valence-corrected chi connectivity index (χ0v) is 11.1. The summed E-state index contributed by atoms with van der Waals surface area (Å²) in [6.45, 7) is 0. The number of carbonyl (C=O) groups excluding carboxylic acids is 2. The lowest BCUT2D eigenvalue weighted by molar-refractivity contribution is 0.0846. The standard InChI is InChI=1S/C13H8ClF2N3O2/c14-9-5-11(16)10(15)4-8(9)13(21)19-18-12(20)7-2-1-3-17-6-7/h1-6H,(H,18,20)(H,19,21). The molecule has 5 nitrogen and oxygen atoms in total. The van der Waals surface area contributed by atoms with Crippen molar-refractivity contribution in [1.29, 1.82) is 0 Å². The second-order valence-electron chi connectivity index (χ2n) is 3.90. The largest absolute Gasteiger partial charge is 0.271 e. The normalized spacial score (nSPS) is 10.0. The monoisotopic (exact) mass is 311 g/mol. The summed E-state index contributed by atoms with van der Waals surface area (Å²) in [5.74, 6) is -3.88. The van der Waals surface area contributed by atoms with E-state index in [1.54, 1.807) is 6.07 Å². The van der Waals surface area contributed by atoms with Crippen molar-refractivity contribution in [1.82, 2.24) is 15.8 Å². The van der Waals surface area contributed by atoms with Crippen LogP contribution in [0.1, 0.15) is 20.7 Å². The van der Waals surface area contributed by atoms with Gasteiger partial charge >= 0.3 is 0 Å². The van der Waals surface area contributed by atoms with E-state index in [9.17, 15) is 18.4 Å². The highest BCUT2D eigenvalue weighted by Crippen LogP contribution is 2.19. The number of hydrazine groups is 1. The van der Waals surface area contributed by atoms with Gasteiger partial charge in [-0.3, -0.25) is 25.4 Å². The lowest BCUT2D eigenvalue weighted by Crippen LogP contribution is -2.41. The number of aromatic nitrogens is 1. The fourth-order valence-corrected chi connectivity index (χ4v) is 1.68. The second kappa shape index (κ2) is 6.27. The molecule has 21 heavy (non-hydrogen) atoms. The summed E-state index contributed by atoms with van der Waals surface area (Å²) in [6, 6.07) is 4.35. The van der Waals surface area contributed by atoms with Gasteiger partial charge in [0.15, 0.2) is 11.6 Å². The topological polar surface area (TPSA) is 71.1 Å². The van der Waals surface area contributed by atoms with Gasteiger partial charge in [0.25, 0.3) is 11.8 Å². The van der Waals surface area contributed by atoms with Crippen LogP contribution in [0, 0.1) is 11.6 Å².